The van der Waals surface area contributed by atoms with Crippen molar-refractivity contribution in [2.45, 2.75) is 45.8 Å². The zero-order chi connectivity index (χ0) is 23.2. The van der Waals surface area contributed by atoms with E-state index in [1.54, 1.807) is 43.3 Å². The Labute approximate surface area is 193 Å². The molecule has 0 aliphatic rings. The number of ether oxygens (including phenoxy) is 2. The van der Waals surface area contributed by atoms with Crippen LogP contribution >= 0.6 is 23.2 Å². The number of amides is 2. The number of nitrogens with zero attached hydrogens (tertiary/aromatic N) is 1. The zero-order valence-electron chi connectivity index (χ0n) is 18.4. The fraction of sp³-hybridized carbons (Fsp3) is 0.391. The van der Waals surface area contributed by atoms with E-state index in [0.29, 0.717) is 21.5 Å². The second-order valence-electron chi connectivity index (χ2n) is 8.12. The summed E-state index contributed by atoms with van der Waals surface area (Å²) in [6.45, 7) is 7.24. The minimum absolute atomic E-state index is 0.170. The van der Waals surface area contributed by atoms with Crippen molar-refractivity contribution in [3.8, 4) is 11.5 Å². The second kappa shape index (κ2) is 10.7. The van der Waals surface area contributed by atoms with Gasteiger partial charge in [-0.05, 0) is 57.5 Å². The van der Waals surface area contributed by atoms with Crippen molar-refractivity contribution in [1.82, 2.24) is 10.2 Å². The third kappa shape index (κ3) is 7.33. The van der Waals surface area contributed by atoms with Crippen LogP contribution in [0.1, 0.15) is 33.3 Å². The van der Waals surface area contributed by atoms with Crippen LogP contribution in [0.5, 0.6) is 11.5 Å². The summed E-state index contributed by atoms with van der Waals surface area (Å²) in [5.41, 5.74) is 0.313. The van der Waals surface area contributed by atoms with Crippen LogP contribution in [0, 0.1) is 0 Å². The first kappa shape index (κ1) is 24.8. The maximum atomic E-state index is 13.1. The summed E-state index contributed by atoms with van der Waals surface area (Å²) in [7, 11) is 1.53. The monoisotopic (exact) mass is 466 g/mol. The van der Waals surface area contributed by atoms with E-state index in [2.05, 4.69) is 5.32 Å². The minimum atomic E-state index is -0.734. The number of benzene rings is 2. The molecule has 0 saturated carbocycles. The average Bonchev–Trinajstić information content (AvgIpc) is 2.71. The lowest BCUT2D eigenvalue weighted by molar-refractivity contribution is -0.142. The van der Waals surface area contributed by atoms with Crippen molar-refractivity contribution in [1.29, 1.82) is 0 Å². The standard InChI is InChI=1S/C23H28Cl2N2O4/c1-15(22(29)26-23(2,3)4)27(13-16-10-11-17(24)18(25)12-16)21(28)14-31-20-9-7-6-8-19(20)30-5/h6-12,15H,13-14H2,1-5H3,(H,26,29)/t15-/m0/s1. The molecule has 0 unspecified atom stereocenters. The van der Waals surface area contributed by atoms with Crippen molar-refractivity contribution < 1.29 is 19.1 Å². The normalized spacial score (nSPS) is 12.1. The Morgan fingerprint density at radius 2 is 1.71 bits per heavy atom. The summed E-state index contributed by atoms with van der Waals surface area (Å²) >= 11 is 12.1. The number of nitrogens with one attached hydrogen (secondary N) is 1. The van der Waals surface area contributed by atoms with E-state index in [1.807, 2.05) is 26.8 Å². The van der Waals surface area contributed by atoms with E-state index in [1.165, 1.54) is 12.0 Å². The molecule has 0 heterocycles. The second-order valence-corrected chi connectivity index (χ2v) is 8.94. The number of carbonyl (C=O) groups excluding carboxylic acids is 2. The number of methoxy groups -OCH3 is 1. The first-order chi connectivity index (χ1) is 14.5. The lowest BCUT2D eigenvalue weighted by Gasteiger charge is -2.31. The van der Waals surface area contributed by atoms with Crippen molar-refractivity contribution in [2.75, 3.05) is 13.7 Å². The fourth-order valence-corrected chi connectivity index (χ4v) is 3.17. The highest BCUT2D eigenvalue weighted by Gasteiger charge is 2.29. The van der Waals surface area contributed by atoms with Gasteiger partial charge < -0.3 is 19.7 Å². The Kier molecular flexibility index (Phi) is 8.60. The molecule has 2 amide bonds. The quantitative estimate of drug-likeness (QED) is 0.611. The highest BCUT2D eigenvalue weighted by Crippen LogP contribution is 2.26. The van der Waals surface area contributed by atoms with Crippen LogP contribution < -0.4 is 14.8 Å². The molecule has 6 nitrogen and oxygen atoms in total. The highest BCUT2D eigenvalue weighted by atomic mass is 35.5. The van der Waals surface area contributed by atoms with E-state index in [0.717, 1.165) is 5.56 Å². The van der Waals surface area contributed by atoms with Gasteiger partial charge in [0.15, 0.2) is 18.1 Å². The van der Waals surface area contributed by atoms with Crippen LogP contribution in [0.25, 0.3) is 0 Å². The molecule has 2 rings (SSSR count). The summed E-state index contributed by atoms with van der Waals surface area (Å²) in [5.74, 6) is 0.344. The molecule has 0 aromatic heterocycles. The first-order valence-corrected chi connectivity index (χ1v) is 10.6. The van der Waals surface area contributed by atoms with Gasteiger partial charge in [-0.1, -0.05) is 41.4 Å². The maximum absolute atomic E-state index is 13.1. The Hall–Kier alpha value is -2.44. The van der Waals surface area contributed by atoms with Crippen molar-refractivity contribution in [2.24, 2.45) is 0 Å². The first-order valence-electron chi connectivity index (χ1n) is 9.83. The largest absolute Gasteiger partial charge is 0.493 e. The van der Waals surface area contributed by atoms with Gasteiger partial charge >= 0.3 is 0 Å². The molecular formula is C23H28Cl2N2O4. The van der Waals surface area contributed by atoms with Gasteiger partial charge in [0.1, 0.15) is 6.04 Å². The van der Waals surface area contributed by atoms with Gasteiger partial charge in [0, 0.05) is 12.1 Å². The van der Waals surface area contributed by atoms with E-state index in [4.69, 9.17) is 32.7 Å². The molecular weight excluding hydrogens is 439 g/mol. The molecule has 0 spiro atoms. The molecule has 1 atom stereocenters. The predicted molar refractivity (Wildman–Crippen MR) is 123 cm³/mol. The minimum Gasteiger partial charge on any atom is -0.493 e. The Morgan fingerprint density at radius 1 is 1.06 bits per heavy atom. The molecule has 0 fully saturated rings. The fourth-order valence-electron chi connectivity index (χ4n) is 2.85. The number of halogens is 2. The number of hydrogen-bond acceptors (Lipinski definition) is 4. The van der Waals surface area contributed by atoms with E-state index in [9.17, 15) is 9.59 Å². The lowest BCUT2D eigenvalue weighted by Crippen LogP contribution is -2.53. The van der Waals surface area contributed by atoms with Gasteiger partial charge in [-0.2, -0.15) is 0 Å². The van der Waals surface area contributed by atoms with Crippen LogP contribution in [0.3, 0.4) is 0 Å². The topological polar surface area (TPSA) is 67.9 Å². The molecule has 2 aromatic carbocycles. The third-order valence-electron chi connectivity index (χ3n) is 4.42. The van der Waals surface area contributed by atoms with Crippen molar-refractivity contribution in [3.05, 3.63) is 58.1 Å². The van der Waals surface area contributed by atoms with E-state index < -0.39 is 11.6 Å². The third-order valence-corrected chi connectivity index (χ3v) is 5.16. The molecule has 8 heteroatoms. The molecule has 2 aromatic rings. The lowest BCUT2D eigenvalue weighted by atomic mass is 10.1. The maximum Gasteiger partial charge on any atom is 0.261 e. The van der Waals surface area contributed by atoms with E-state index in [-0.39, 0.29) is 25.0 Å². The van der Waals surface area contributed by atoms with Crippen LogP contribution in [0.2, 0.25) is 10.0 Å². The number of hydrogen-bond donors (Lipinski definition) is 1. The van der Waals surface area contributed by atoms with Crippen LogP contribution in [0.4, 0.5) is 0 Å². The summed E-state index contributed by atoms with van der Waals surface area (Å²) < 4.78 is 10.9. The molecule has 1 N–H and O–H groups in total. The summed E-state index contributed by atoms with van der Waals surface area (Å²) in [4.78, 5) is 27.3. The Morgan fingerprint density at radius 3 is 2.29 bits per heavy atom. The Bertz CT molecular complexity index is 928. The molecule has 31 heavy (non-hydrogen) atoms. The van der Waals surface area contributed by atoms with Gasteiger partial charge in [0.2, 0.25) is 5.91 Å². The molecule has 0 radical (unpaired) electrons. The smallest absolute Gasteiger partial charge is 0.261 e. The number of carbonyl (C=O) groups is 2. The number of para-hydroxylation sites is 2. The summed E-state index contributed by atoms with van der Waals surface area (Å²) in [6.07, 6.45) is 0. The highest BCUT2D eigenvalue weighted by molar-refractivity contribution is 6.42. The number of rotatable bonds is 8. The van der Waals surface area contributed by atoms with Gasteiger partial charge in [-0.3, -0.25) is 9.59 Å². The SMILES string of the molecule is COc1ccccc1OCC(=O)N(Cc1ccc(Cl)c(Cl)c1)[C@@H](C)C(=O)NC(C)(C)C. The average molecular weight is 467 g/mol. The molecule has 0 aliphatic heterocycles. The molecule has 0 saturated heterocycles. The van der Waals surface area contributed by atoms with Crippen LogP contribution in [-0.2, 0) is 16.1 Å². The van der Waals surface area contributed by atoms with E-state index >= 15 is 0 Å². The van der Waals surface area contributed by atoms with Crippen LogP contribution in [-0.4, -0.2) is 42.0 Å². The van der Waals surface area contributed by atoms with Gasteiger partial charge in [-0.15, -0.1) is 0 Å². The molecule has 0 bridgehead atoms. The van der Waals surface area contributed by atoms with Gasteiger partial charge in [0.05, 0.1) is 17.2 Å². The summed E-state index contributed by atoms with van der Waals surface area (Å²) in [5, 5.41) is 3.71. The van der Waals surface area contributed by atoms with Crippen molar-refractivity contribution in [3.63, 3.8) is 0 Å². The Balaban J connectivity index is 2.23. The van der Waals surface area contributed by atoms with Gasteiger partial charge in [-0.25, -0.2) is 0 Å². The summed E-state index contributed by atoms with van der Waals surface area (Å²) in [6, 6.07) is 11.4. The molecule has 168 valence electrons. The van der Waals surface area contributed by atoms with Gasteiger partial charge in [0.25, 0.3) is 5.91 Å². The zero-order valence-corrected chi connectivity index (χ0v) is 19.9. The molecule has 0 aliphatic carbocycles. The predicted octanol–water partition coefficient (Wildman–Crippen LogP) is 4.71. The van der Waals surface area contributed by atoms with Crippen molar-refractivity contribution >= 4 is 35.0 Å². The van der Waals surface area contributed by atoms with Crippen LogP contribution in [0.15, 0.2) is 42.5 Å².